The number of hydrogen-bond acceptors (Lipinski definition) is 5. The lowest BCUT2D eigenvalue weighted by Crippen LogP contribution is -2.14. The van der Waals surface area contributed by atoms with Crippen molar-refractivity contribution in [3.63, 3.8) is 0 Å². The second-order valence-corrected chi connectivity index (χ2v) is 5.15. The molecule has 1 aromatic carbocycles. The summed E-state index contributed by atoms with van der Waals surface area (Å²) in [6.45, 7) is 4.23. The second kappa shape index (κ2) is 7.13. The van der Waals surface area contributed by atoms with Gasteiger partial charge in [0.05, 0.1) is 12.8 Å². The van der Waals surface area contributed by atoms with Crippen LogP contribution >= 0.6 is 11.6 Å². The number of nitrogens with zero attached hydrogens (tertiary/aromatic N) is 2. The number of halogens is 1. The number of hydrogen-bond donors (Lipinski definition) is 2. The molecule has 1 atom stereocenters. The molecule has 6 heteroatoms. The molecule has 2 rings (SSSR count). The van der Waals surface area contributed by atoms with Gasteiger partial charge >= 0.3 is 0 Å². The van der Waals surface area contributed by atoms with Crippen molar-refractivity contribution in [1.29, 1.82) is 0 Å². The summed E-state index contributed by atoms with van der Waals surface area (Å²) in [5.74, 6) is 2.16. The molecule has 1 heterocycles. The van der Waals surface area contributed by atoms with Crippen LogP contribution in [0.25, 0.3) is 0 Å². The summed E-state index contributed by atoms with van der Waals surface area (Å²) < 4.78 is 5.30. The van der Waals surface area contributed by atoms with Crippen molar-refractivity contribution in [1.82, 2.24) is 9.97 Å². The summed E-state index contributed by atoms with van der Waals surface area (Å²) in [5.41, 5.74) is 0.762. The van der Waals surface area contributed by atoms with Crippen molar-refractivity contribution in [2.24, 2.45) is 0 Å². The molecule has 0 fully saturated rings. The highest BCUT2D eigenvalue weighted by molar-refractivity contribution is 6.31. The monoisotopic (exact) mass is 306 g/mol. The van der Waals surface area contributed by atoms with Gasteiger partial charge in [0.15, 0.2) is 0 Å². The Hall–Kier alpha value is -2.01. The molecular weight excluding hydrogens is 288 g/mol. The lowest BCUT2D eigenvalue weighted by Gasteiger charge is -2.14. The van der Waals surface area contributed by atoms with Gasteiger partial charge in [-0.2, -0.15) is 0 Å². The first-order chi connectivity index (χ1) is 10.1. The number of nitrogens with one attached hydrogen (secondary N) is 2. The number of anilines is 3. The van der Waals surface area contributed by atoms with Crippen LogP contribution in [-0.2, 0) is 0 Å². The smallest absolute Gasteiger partial charge is 0.142 e. The van der Waals surface area contributed by atoms with E-state index in [-0.39, 0.29) is 0 Å². The summed E-state index contributed by atoms with van der Waals surface area (Å²) in [6.07, 6.45) is 2.54. The maximum absolute atomic E-state index is 6.02. The van der Waals surface area contributed by atoms with Crippen molar-refractivity contribution < 1.29 is 4.74 Å². The van der Waals surface area contributed by atoms with Crippen molar-refractivity contribution in [3.8, 4) is 5.75 Å². The fourth-order valence-electron chi connectivity index (χ4n) is 1.77. The number of methoxy groups -OCH3 is 1. The third-order valence-corrected chi connectivity index (χ3v) is 3.33. The first-order valence-electron chi connectivity index (χ1n) is 6.81. The molecule has 0 saturated heterocycles. The van der Waals surface area contributed by atoms with Crippen molar-refractivity contribution >= 4 is 28.9 Å². The summed E-state index contributed by atoms with van der Waals surface area (Å²) in [7, 11) is 1.62. The van der Waals surface area contributed by atoms with Gasteiger partial charge in [-0.15, -0.1) is 0 Å². The highest BCUT2D eigenvalue weighted by Gasteiger charge is 2.07. The van der Waals surface area contributed by atoms with E-state index in [1.54, 1.807) is 19.2 Å². The average Bonchev–Trinajstić information content (AvgIpc) is 2.48. The van der Waals surface area contributed by atoms with E-state index in [2.05, 4.69) is 34.4 Å². The molecule has 0 aliphatic carbocycles. The number of aromatic nitrogens is 2. The summed E-state index contributed by atoms with van der Waals surface area (Å²) in [4.78, 5) is 8.42. The van der Waals surface area contributed by atoms with Crippen molar-refractivity contribution in [2.45, 2.75) is 26.3 Å². The highest BCUT2D eigenvalue weighted by atomic mass is 35.5. The molecule has 112 valence electrons. The standard InChI is InChI=1S/C15H19ClN4O/c1-4-10(2)19-14-8-15(18-9-17-14)20-12-7-11(16)5-6-13(12)21-3/h5-10H,4H2,1-3H3,(H2,17,18,19,20). The number of benzene rings is 1. The zero-order valence-electron chi connectivity index (χ0n) is 12.4. The van der Waals surface area contributed by atoms with E-state index in [4.69, 9.17) is 16.3 Å². The fourth-order valence-corrected chi connectivity index (χ4v) is 1.95. The van der Waals surface area contributed by atoms with E-state index in [0.717, 1.165) is 17.9 Å². The van der Waals surface area contributed by atoms with Gasteiger partial charge in [0, 0.05) is 17.1 Å². The molecule has 1 aromatic heterocycles. The Kier molecular flexibility index (Phi) is 5.22. The second-order valence-electron chi connectivity index (χ2n) is 4.71. The molecule has 0 aliphatic rings. The first kappa shape index (κ1) is 15.4. The van der Waals surface area contributed by atoms with E-state index in [1.165, 1.54) is 6.33 Å². The third-order valence-electron chi connectivity index (χ3n) is 3.10. The Balaban J connectivity index is 2.20. The molecular formula is C15H19ClN4O. The van der Waals surface area contributed by atoms with E-state index in [0.29, 0.717) is 22.6 Å². The topological polar surface area (TPSA) is 59.1 Å². The van der Waals surface area contributed by atoms with E-state index >= 15 is 0 Å². The van der Waals surface area contributed by atoms with Gasteiger partial charge in [-0.05, 0) is 31.5 Å². The van der Waals surface area contributed by atoms with Crippen molar-refractivity contribution in [2.75, 3.05) is 17.7 Å². The molecule has 0 bridgehead atoms. The van der Waals surface area contributed by atoms with Crippen LogP contribution in [0.2, 0.25) is 5.02 Å². The SMILES string of the molecule is CCC(C)Nc1cc(Nc2cc(Cl)ccc2OC)ncn1. The maximum atomic E-state index is 6.02. The van der Waals surface area contributed by atoms with Gasteiger partial charge in [-0.1, -0.05) is 18.5 Å². The van der Waals surface area contributed by atoms with Gasteiger partial charge < -0.3 is 15.4 Å². The van der Waals surface area contributed by atoms with E-state index in [1.807, 2.05) is 12.1 Å². The van der Waals surface area contributed by atoms with Gasteiger partial charge in [0.25, 0.3) is 0 Å². The minimum atomic E-state index is 0.355. The zero-order valence-corrected chi connectivity index (χ0v) is 13.1. The Morgan fingerprint density at radius 1 is 1.24 bits per heavy atom. The molecule has 0 aliphatic heterocycles. The Bertz CT molecular complexity index is 606. The van der Waals surface area contributed by atoms with Crippen LogP contribution in [-0.4, -0.2) is 23.1 Å². The maximum Gasteiger partial charge on any atom is 0.142 e. The lowest BCUT2D eigenvalue weighted by atomic mass is 10.2. The van der Waals surface area contributed by atoms with Crippen LogP contribution in [0.5, 0.6) is 5.75 Å². The van der Waals surface area contributed by atoms with Crippen LogP contribution < -0.4 is 15.4 Å². The lowest BCUT2D eigenvalue weighted by molar-refractivity contribution is 0.417. The van der Waals surface area contributed by atoms with Crippen LogP contribution in [0, 0.1) is 0 Å². The van der Waals surface area contributed by atoms with Gasteiger partial charge in [0.1, 0.15) is 23.7 Å². The van der Waals surface area contributed by atoms with Crippen molar-refractivity contribution in [3.05, 3.63) is 35.6 Å². The molecule has 2 N–H and O–H groups in total. The van der Waals surface area contributed by atoms with Crippen LogP contribution in [0.3, 0.4) is 0 Å². The Morgan fingerprint density at radius 2 is 2.00 bits per heavy atom. The quantitative estimate of drug-likeness (QED) is 0.841. The summed E-state index contributed by atoms with van der Waals surface area (Å²) in [5, 5.41) is 7.13. The molecule has 1 unspecified atom stereocenters. The van der Waals surface area contributed by atoms with Crippen LogP contribution in [0.15, 0.2) is 30.6 Å². The molecule has 21 heavy (non-hydrogen) atoms. The normalized spacial score (nSPS) is 11.8. The van der Waals surface area contributed by atoms with Crippen LogP contribution in [0.4, 0.5) is 17.3 Å². The predicted octanol–water partition coefficient (Wildman–Crippen LogP) is 4.09. The fraction of sp³-hybridized carbons (Fsp3) is 0.333. The molecule has 0 amide bonds. The van der Waals surface area contributed by atoms with Crippen LogP contribution in [0.1, 0.15) is 20.3 Å². The Morgan fingerprint density at radius 3 is 2.71 bits per heavy atom. The molecule has 2 aromatic rings. The Labute approximate surface area is 129 Å². The zero-order chi connectivity index (χ0) is 15.2. The number of rotatable bonds is 6. The molecule has 5 nitrogen and oxygen atoms in total. The van der Waals surface area contributed by atoms with Gasteiger partial charge in [-0.25, -0.2) is 9.97 Å². The van der Waals surface area contributed by atoms with Gasteiger partial charge in [0.2, 0.25) is 0 Å². The average molecular weight is 307 g/mol. The molecule has 0 spiro atoms. The number of ether oxygens (including phenoxy) is 1. The molecule has 0 radical (unpaired) electrons. The largest absolute Gasteiger partial charge is 0.495 e. The summed E-state index contributed by atoms with van der Waals surface area (Å²) >= 11 is 6.02. The minimum absolute atomic E-state index is 0.355. The first-order valence-corrected chi connectivity index (χ1v) is 7.19. The third kappa shape index (κ3) is 4.23. The predicted molar refractivity (Wildman–Crippen MR) is 86.7 cm³/mol. The van der Waals surface area contributed by atoms with E-state index in [9.17, 15) is 0 Å². The minimum Gasteiger partial charge on any atom is -0.495 e. The molecule has 0 saturated carbocycles. The van der Waals surface area contributed by atoms with E-state index < -0.39 is 0 Å². The van der Waals surface area contributed by atoms with Gasteiger partial charge in [-0.3, -0.25) is 0 Å². The highest BCUT2D eigenvalue weighted by Crippen LogP contribution is 2.30. The summed E-state index contributed by atoms with van der Waals surface area (Å²) in [6, 6.07) is 7.59.